The maximum atomic E-state index is 9.03. The number of halogens is 1. The van der Waals surface area contributed by atoms with Crippen molar-refractivity contribution in [2.45, 2.75) is 33.9 Å². The van der Waals surface area contributed by atoms with Gasteiger partial charge >= 0.3 is 0 Å². The first-order chi connectivity index (χ1) is 9.52. The van der Waals surface area contributed by atoms with Gasteiger partial charge in [-0.2, -0.15) is 5.10 Å². The molecule has 0 aliphatic heterocycles. The van der Waals surface area contributed by atoms with Crippen molar-refractivity contribution < 1.29 is 5.11 Å². The predicted octanol–water partition coefficient (Wildman–Crippen LogP) is 3.07. The molecule has 0 spiro atoms. The van der Waals surface area contributed by atoms with Gasteiger partial charge in [0.2, 0.25) is 0 Å². The highest BCUT2D eigenvalue weighted by Crippen LogP contribution is 2.22. The van der Waals surface area contributed by atoms with Crippen molar-refractivity contribution in [1.82, 2.24) is 9.78 Å². The standard InChI is InChI=1S/C15H20ClN3O/c1-10-4-5-13(16)8-15(10)17-9-14-11(2)18-19(6-7-20)12(14)3/h4-5,8,17,20H,6-7,9H2,1-3H3. The summed E-state index contributed by atoms with van der Waals surface area (Å²) in [5.74, 6) is 0. The summed E-state index contributed by atoms with van der Waals surface area (Å²) in [6.45, 7) is 7.39. The fourth-order valence-electron chi connectivity index (χ4n) is 2.27. The molecule has 108 valence electrons. The van der Waals surface area contributed by atoms with Crippen molar-refractivity contribution in [3.63, 3.8) is 0 Å². The van der Waals surface area contributed by atoms with E-state index in [1.165, 1.54) is 0 Å². The Morgan fingerprint density at radius 3 is 2.75 bits per heavy atom. The summed E-state index contributed by atoms with van der Waals surface area (Å²) in [5, 5.41) is 17.6. The van der Waals surface area contributed by atoms with Gasteiger partial charge in [-0.25, -0.2) is 0 Å². The van der Waals surface area contributed by atoms with Crippen molar-refractivity contribution in [3.05, 3.63) is 45.7 Å². The lowest BCUT2D eigenvalue weighted by Gasteiger charge is -2.10. The Hall–Kier alpha value is -1.52. The molecule has 0 atom stereocenters. The number of aryl methyl sites for hydroxylation is 2. The lowest BCUT2D eigenvalue weighted by Crippen LogP contribution is -2.07. The molecular formula is C15H20ClN3O. The molecule has 0 saturated carbocycles. The van der Waals surface area contributed by atoms with E-state index in [1.54, 1.807) is 0 Å². The maximum Gasteiger partial charge on any atom is 0.0646 e. The molecule has 2 N–H and O–H groups in total. The molecule has 0 aliphatic carbocycles. The van der Waals surface area contributed by atoms with E-state index in [0.29, 0.717) is 13.1 Å². The van der Waals surface area contributed by atoms with Crippen LogP contribution < -0.4 is 5.32 Å². The largest absolute Gasteiger partial charge is 0.394 e. The number of aromatic nitrogens is 2. The van der Waals surface area contributed by atoms with Crippen LogP contribution in [0.25, 0.3) is 0 Å². The molecule has 0 radical (unpaired) electrons. The first-order valence-corrected chi connectivity index (χ1v) is 7.04. The molecule has 1 aromatic heterocycles. The van der Waals surface area contributed by atoms with Crippen LogP contribution in [0.2, 0.25) is 5.02 Å². The monoisotopic (exact) mass is 293 g/mol. The lowest BCUT2D eigenvalue weighted by atomic mass is 10.1. The SMILES string of the molecule is Cc1ccc(Cl)cc1NCc1c(C)nn(CCO)c1C. The number of aliphatic hydroxyl groups excluding tert-OH is 1. The summed E-state index contributed by atoms with van der Waals surface area (Å²) in [6.07, 6.45) is 0. The Morgan fingerprint density at radius 2 is 2.05 bits per heavy atom. The van der Waals surface area contributed by atoms with Crippen molar-refractivity contribution in [3.8, 4) is 0 Å². The fourth-order valence-corrected chi connectivity index (χ4v) is 2.44. The minimum Gasteiger partial charge on any atom is -0.394 e. The fraction of sp³-hybridized carbons (Fsp3) is 0.400. The highest BCUT2D eigenvalue weighted by Gasteiger charge is 2.11. The second-order valence-electron chi connectivity index (χ2n) is 4.91. The van der Waals surface area contributed by atoms with Crippen LogP contribution in [-0.4, -0.2) is 21.5 Å². The molecule has 4 nitrogen and oxygen atoms in total. The first kappa shape index (κ1) is 14.9. The van der Waals surface area contributed by atoms with Gasteiger partial charge in [-0.05, 0) is 38.5 Å². The van der Waals surface area contributed by atoms with E-state index in [4.69, 9.17) is 16.7 Å². The molecule has 0 aliphatic rings. The number of benzene rings is 1. The number of nitrogens with one attached hydrogen (secondary N) is 1. The summed E-state index contributed by atoms with van der Waals surface area (Å²) < 4.78 is 1.84. The maximum absolute atomic E-state index is 9.03. The smallest absolute Gasteiger partial charge is 0.0646 e. The van der Waals surface area contributed by atoms with E-state index in [0.717, 1.165) is 33.2 Å². The van der Waals surface area contributed by atoms with Crippen LogP contribution >= 0.6 is 11.6 Å². The van der Waals surface area contributed by atoms with E-state index in [-0.39, 0.29) is 6.61 Å². The zero-order valence-corrected chi connectivity index (χ0v) is 12.8. The van der Waals surface area contributed by atoms with Crippen LogP contribution in [0.3, 0.4) is 0 Å². The highest BCUT2D eigenvalue weighted by molar-refractivity contribution is 6.30. The summed E-state index contributed by atoms with van der Waals surface area (Å²) in [6, 6.07) is 5.82. The third-order valence-electron chi connectivity index (χ3n) is 3.50. The van der Waals surface area contributed by atoms with Crippen LogP contribution in [0.4, 0.5) is 5.69 Å². The van der Waals surface area contributed by atoms with E-state index in [9.17, 15) is 0 Å². The Kier molecular flexibility index (Phi) is 4.68. The molecular weight excluding hydrogens is 274 g/mol. The topological polar surface area (TPSA) is 50.1 Å². The number of anilines is 1. The molecule has 2 aromatic rings. The third kappa shape index (κ3) is 3.14. The molecule has 0 unspecified atom stereocenters. The molecule has 1 heterocycles. The Bertz CT molecular complexity index is 607. The van der Waals surface area contributed by atoms with E-state index in [1.807, 2.05) is 43.7 Å². The third-order valence-corrected chi connectivity index (χ3v) is 3.73. The van der Waals surface area contributed by atoms with Gasteiger partial charge in [0.05, 0.1) is 18.8 Å². The van der Waals surface area contributed by atoms with Crippen LogP contribution in [0.15, 0.2) is 18.2 Å². The number of nitrogens with zero attached hydrogens (tertiary/aromatic N) is 2. The van der Waals surface area contributed by atoms with Gasteiger partial charge in [0.15, 0.2) is 0 Å². The molecule has 5 heteroatoms. The van der Waals surface area contributed by atoms with Gasteiger partial charge in [0, 0.05) is 28.5 Å². The van der Waals surface area contributed by atoms with Crippen LogP contribution in [0, 0.1) is 20.8 Å². The minimum absolute atomic E-state index is 0.0994. The molecule has 0 fully saturated rings. The molecule has 0 bridgehead atoms. The van der Waals surface area contributed by atoms with Crippen molar-refractivity contribution in [1.29, 1.82) is 0 Å². The van der Waals surface area contributed by atoms with Gasteiger partial charge in [-0.3, -0.25) is 4.68 Å². The summed E-state index contributed by atoms with van der Waals surface area (Å²) >= 11 is 6.02. The van der Waals surface area contributed by atoms with E-state index >= 15 is 0 Å². The van der Waals surface area contributed by atoms with Gasteiger partial charge < -0.3 is 10.4 Å². The van der Waals surface area contributed by atoms with E-state index in [2.05, 4.69) is 10.4 Å². The summed E-state index contributed by atoms with van der Waals surface area (Å²) in [7, 11) is 0. The summed E-state index contributed by atoms with van der Waals surface area (Å²) in [5.41, 5.74) is 5.43. The zero-order valence-electron chi connectivity index (χ0n) is 12.1. The number of hydrogen-bond donors (Lipinski definition) is 2. The zero-order chi connectivity index (χ0) is 14.7. The highest BCUT2D eigenvalue weighted by atomic mass is 35.5. The van der Waals surface area contributed by atoms with Gasteiger partial charge in [0.1, 0.15) is 0 Å². The minimum atomic E-state index is 0.0994. The quantitative estimate of drug-likeness (QED) is 0.891. The Balaban J connectivity index is 2.16. The van der Waals surface area contributed by atoms with Crippen molar-refractivity contribution in [2.75, 3.05) is 11.9 Å². The van der Waals surface area contributed by atoms with Crippen molar-refractivity contribution >= 4 is 17.3 Å². The van der Waals surface area contributed by atoms with Crippen LogP contribution in [-0.2, 0) is 13.1 Å². The second kappa shape index (κ2) is 6.29. The number of hydrogen-bond acceptors (Lipinski definition) is 3. The van der Waals surface area contributed by atoms with Crippen LogP contribution in [0.5, 0.6) is 0 Å². The molecule has 0 saturated heterocycles. The van der Waals surface area contributed by atoms with E-state index < -0.39 is 0 Å². The Labute approximate surface area is 124 Å². The van der Waals surface area contributed by atoms with Gasteiger partial charge in [0.25, 0.3) is 0 Å². The molecule has 2 rings (SSSR count). The molecule has 1 aromatic carbocycles. The normalized spacial score (nSPS) is 10.8. The molecule has 20 heavy (non-hydrogen) atoms. The lowest BCUT2D eigenvalue weighted by molar-refractivity contribution is 0.268. The van der Waals surface area contributed by atoms with Crippen LogP contribution in [0.1, 0.15) is 22.5 Å². The number of aliphatic hydroxyl groups is 1. The average molecular weight is 294 g/mol. The predicted molar refractivity (Wildman–Crippen MR) is 82.3 cm³/mol. The van der Waals surface area contributed by atoms with Gasteiger partial charge in [-0.1, -0.05) is 17.7 Å². The van der Waals surface area contributed by atoms with Gasteiger partial charge in [-0.15, -0.1) is 0 Å². The second-order valence-corrected chi connectivity index (χ2v) is 5.35. The average Bonchev–Trinajstić information content (AvgIpc) is 2.67. The molecule has 0 amide bonds. The number of rotatable bonds is 5. The van der Waals surface area contributed by atoms with Crippen molar-refractivity contribution in [2.24, 2.45) is 0 Å². The summed E-state index contributed by atoms with van der Waals surface area (Å²) in [4.78, 5) is 0. The Morgan fingerprint density at radius 1 is 1.30 bits per heavy atom. The first-order valence-electron chi connectivity index (χ1n) is 6.66.